The maximum Gasteiger partial charge on any atom is 0.200 e. The van der Waals surface area contributed by atoms with Crippen molar-refractivity contribution in [1.29, 1.82) is 0 Å². The van der Waals surface area contributed by atoms with Crippen molar-refractivity contribution in [2.45, 2.75) is 17.2 Å². The van der Waals surface area contributed by atoms with Gasteiger partial charge in [-0.15, -0.1) is 14.8 Å². The Morgan fingerprint density at radius 2 is 2.05 bits per heavy atom. The standard InChI is InChI=1S/C12H10ClN5S/c1-8(9-4-2-3-5-10(9)13)19-12-7-6-11-14-16-17-18(11)15-12/h2-8H,1H3. The van der Waals surface area contributed by atoms with E-state index in [2.05, 4.69) is 27.5 Å². The minimum absolute atomic E-state index is 0.204. The molecular formula is C12H10ClN5S. The van der Waals surface area contributed by atoms with Gasteiger partial charge in [0, 0.05) is 10.3 Å². The van der Waals surface area contributed by atoms with Crippen molar-refractivity contribution >= 4 is 29.0 Å². The minimum atomic E-state index is 0.204. The highest BCUT2D eigenvalue weighted by Crippen LogP contribution is 2.36. The monoisotopic (exact) mass is 291 g/mol. The van der Waals surface area contributed by atoms with Crippen LogP contribution in [0.4, 0.5) is 0 Å². The fraction of sp³-hybridized carbons (Fsp3) is 0.167. The van der Waals surface area contributed by atoms with Crippen LogP contribution in [0.1, 0.15) is 17.7 Å². The number of halogens is 1. The maximum absolute atomic E-state index is 6.19. The molecular weight excluding hydrogens is 282 g/mol. The lowest BCUT2D eigenvalue weighted by atomic mass is 10.2. The highest BCUT2D eigenvalue weighted by Gasteiger charge is 2.12. The molecule has 19 heavy (non-hydrogen) atoms. The third-order valence-electron chi connectivity index (χ3n) is 2.69. The van der Waals surface area contributed by atoms with Gasteiger partial charge in [0.2, 0.25) is 0 Å². The quantitative estimate of drug-likeness (QED) is 0.694. The zero-order valence-electron chi connectivity index (χ0n) is 10.1. The predicted octanol–water partition coefficient (Wildman–Crippen LogP) is 3.03. The first-order chi connectivity index (χ1) is 9.24. The van der Waals surface area contributed by atoms with E-state index >= 15 is 0 Å². The lowest BCUT2D eigenvalue weighted by Gasteiger charge is -2.12. The highest BCUT2D eigenvalue weighted by molar-refractivity contribution is 7.99. The Labute approximate surface area is 119 Å². The fourth-order valence-corrected chi connectivity index (χ4v) is 3.08. The Balaban J connectivity index is 1.86. The summed E-state index contributed by atoms with van der Waals surface area (Å²) in [7, 11) is 0. The summed E-state index contributed by atoms with van der Waals surface area (Å²) in [5.41, 5.74) is 1.72. The molecule has 0 aliphatic rings. The normalized spacial score (nSPS) is 12.7. The topological polar surface area (TPSA) is 56.0 Å². The summed E-state index contributed by atoms with van der Waals surface area (Å²) in [6, 6.07) is 11.6. The van der Waals surface area contributed by atoms with Crippen LogP contribution in [0.15, 0.2) is 41.4 Å². The molecule has 3 rings (SSSR count). The Morgan fingerprint density at radius 1 is 1.21 bits per heavy atom. The van der Waals surface area contributed by atoms with Gasteiger partial charge in [-0.2, -0.15) is 0 Å². The van der Waals surface area contributed by atoms with E-state index in [1.165, 1.54) is 4.63 Å². The van der Waals surface area contributed by atoms with E-state index in [1.54, 1.807) is 11.8 Å². The van der Waals surface area contributed by atoms with Crippen LogP contribution in [0.5, 0.6) is 0 Å². The van der Waals surface area contributed by atoms with E-state index in [9.17, 15) is 0 Å². The number of nitrogens with zero attached hydrogens (tertiary/aromatic N) is 5. The van der Waals surface area contributed by atoms with Crippen LogP contribution in [0, 0.1) is 0 Å². The van der Waals surface area contributed by atoms with E-state index in [0.717, 1.165) is 15.6 Å². The fourth-order valence-electron chi connectivity index (χ4n) is 1.75. The number of aromatic nitrogens is 5. The van der Waals surface area contributed by atoms with Crippen molar-refractivity contribution in [2.75, 3.05) is 0 Å². The van der Waals surface area contributed by atoms with Crippen LogP contribution in [0.25, 0.3) is 5.65 Å². The van der Waals surface area contributed by atoms with Crippen molar-refractivity contribution in [3.63, 3.8) is 0 Å². The van der Waals surface area contributed by atoms with Crippen molar-refractivity contribution in [3.8, 4) is 0 Å². The summed E-state index contributed by atoms with van der Waals surface area (Å²) >= 11 is 7.81. The molecule has 7 heteroatoms. The largest absolute Gasteiger partial charge is 0.200 e. The first-order valence-electron chi connectivity index (χ1n) is 5.70. The van der Waals surface area contributed by atoms with Gasteiger partial charge in [-0.05, 0) is 41.1 Å². The van der Waals surface area contributed by atoms with E-state index in [4.69, 9.17) is 11.6 Å². The maximum atomic E-state index is 6.19. The first kappa shape index (κ1) is 12.4. The average Bonchev–Trinajstić information content (AvgIpc) is 2.86. The lowest BCUT2D eigenvalue weighted by Crippen LogP contribution is -1.97. The number of hydrogen-bond acceptors (Lipinski definition) is 5. The second-order valence-electron chi connectivity index (χ2n) is 3.98. The van der Waals surface area contributed by atoms with Gasteiger partial charge in [-0.3, -0.25) is 0 Å². The van der Waals surface area contributed by atoms with Gasteiger partial charge >= 0.3 is 0 Å². The molecule has 0 amide bonds. The van der Waals surface area contributed by atoms with Crippen LogP contribution in [0.2, 0.25) is 5.02 Å². The molecule has 0 spiro atoms. The SMILES string of the molecule is CC(Sc1ccc2nnnn2n1)c1ccccc1Cl. The Hall–Kier alpha value is -1.66. The average molecular weight is 292 g/mol. The smallest absolute Gasteiger partial charge is 0.140 e. The van der Waals surface area contributed by atoms with E-state index < -0.39 is 0 Å². The molecule has 0 aliphatic carbocycles. The molecule has 1 atom stereocenters. The number of tetrazole rings is 1. The summed E-state index contributed by atoms with van der Waals surface area (Å²) in [6.45, 7) is 2.09. The van der Waals surface area contributed by atoms with Crippen LogP contribution < -0.4 is 0 Å². The van der Waals surface area contributed by atoms with Crippen molar-refractivity contribution in [3.05, 3.63) is 47.0 Å². The molecule has 0 aliphatic heterocycles. The van der Waals surface area contributed by atoms with E-state index in [1.807, 2.05) is 36.4 Å². The third-order valence-corrected chi connectivity index (χ3v) is 4.10. The molecule has 0 radical (unpaired) electrons. The van der Waals surface area contributed by atoms with Crippen LogP contribution in [-0.2, 0) is 0 Å². The van der Waals surface area contributed by atoms with Crippen molar-refractivity contribution in [2.24, 2.45) is 0 Å². The zero-order chi connectivity index (χ0) is 13.2. The molecule has 0 fully saturated rings. The van der Waals surface area contributed by atoms with Crippen LogP contribution in [0.3, 0.4) is 0 Å². The molecule has 96 valence electrons. The molecule has 0 saturated carbocycles. The van der Waals surface area contributed by atoms with Gasteiger partial charge in [0.15, 0.2) is 5.65 Å². The first-order valence-corrected chi connectivity index (χ1v) is 6.96. The molecule has 5 nitrogen and oxygen atoms in total. The van der Waals surface area contributed by atoms with Gasteiger partial charge in [-0.25, -0.2) is 0 Å². The molecule has 2 aromatic heterocycles. The van der Waals surface area contributed by atoms with E-state index in [-0.39, 0.29) is 5.25 Å². The van der Waals surface area contributed by atoms with Gasteiger partial charge in [0.05, 0.1) is 0 Å². The highest BCUT2D eigenvalue weighted by atomic mass is 35.5. The lowest BCUT2D eigenvalue weighted by molar-refractivity contribution is 0.702. The minimum Gasteiger partial charge on any atom is -0.140 e. The summed E-state index contributed by atoms with van der Waals surface area (Å²) in [5, 5.41) is 17.3. The summed E-state index contributed by atoms with van der Waals surface area (Å²) < 4.78 is 1.42. The predicted molar refractivity (Wildman–Crippen MR) is 74.3 cm³/mol. The number of thioether (sulfide) groups is 1. The van der Waals surface area contributed by atoms with Gasteiger partial charge in [0.25, 0.3) is 0 Å². The van der Waals surface area contributed by atoms with Gasteiger partial charge in [-0.1, -0.05) is 41.6 Å². The van der Waals surface area contributed by atoms with Crippen molar-refractivity contribution in [1.82, 2.24) is 25.3 Å². The summed E-state index contributed by atoms with van der Waals surface area (Å²) in [5.74, 6) is 0. The van der Waals surface area contributed by atoms with E-state index in [0.29, 0.717) is 5.65 Å². The molecule has 1 aromatic carbocycles. The Morgan fingerprint density at radius 3 is 2.89 bits per heavy atom. The number of hydrogen-bond donors (Lipinski definition) is 0. The zero-order valence-corrected chi connectivity index (χ0v) is 11.6. The number of benzene rings is 1. The molecule has 1 unspecified atom stereocenters. The number of fused-ring (bicyclic) bond motifs is 1. The molecule has 2 heterocycles. The van der Waals surface area contributed by atoms with Crippen LogP contribution >= 0.6 is 23.4 Å². The van der Waals surface area contributed by atoms with Crippen molar-refractivity contribution < 1.29 is 0 Å². The molecule has 0 saturated heterocycles. The van der Waals surface area contributed by atoms with Crippen LogP contribution in [-0.4, -0.2) is 25.3 Å². The molecule has 3 aromatic rings. The number of rotatable bonds is 3. The van der Waals surface area contributed by atoms with Gasteiger partial charge < -0.3 is 0 Å². The Kier molecular flexibility index (Phi) is 3.35. The second-order valence-corrected chi connectivity index (χ2v) is 5.75. The summed E-state index contributed by atoms with van der Waals surface area (Å²) in [6.07, 6.45) is 0. The summed E-state index contributed by atoms with van der Waals surface area (Å²) in [4.78, 5) is 0. The molecule has 0 N–H and O–H groups in total. The Bertz CT molecular complexity index is 714. The van der Waals surface area contributed by atoms with Gasteiger partial charge in [0.1, 0.15) is 5.03 Å². The third kappa shape index (κ3) is 2.54. The molecule has 0 bridgehead atoms. The second kappa shape index (κ2) is 5.14.